The first-order valence-electron chi connectivity index (χ1n) is 38.6. The van der Waals surface area contributed by atoms with Crippen LogP contribution >= 0.6 is 34.7 Å². The predicted molar refractivity (Wildman–Crippen MR) is 430 cm³/mol. The molecule has 5 amide bonds. The number of likely N-dealkylation sites (tertiary alicyclic amines) is 2. The van der Waals surface area contributed by atoms with E-state index in [4.69, 9.17) is 16.3 Å². The van der Waals surface area contributed by atoms with E-state index in [2.05, 4.69) is 47.8 Å². The van der Waals surface area contributed by atoms with Crippen molar-refractivity contribution in [3.63, 3.8) is 0 Å². The predicted octanol–water partition coefficient (Wildman–Crippen LogP) is 13.3. The first kappa shape index (κ1) is 84.5. The molecule has 0 saturated carbocycles. The summed E-state index contributed by atoms with van der Waals surface area (Å²) in [6, 6.07) is 31.4. The number of nitrogens with zero attached hydrogens (tertiary/aromatic N) is 6. The van der Waals surface area contributed by atoms with Crippen LogP contribution in [-0.4, -0.2) is 197 Å². The van der Waals surface area contributed by atoms with E-state index in [1.807, 2.05) is 116 Å². The minimum absolute atomic E-state index is 0.00244. The number of β-amino-alcohol motifs (C(OH)–C–C–N with tert-alkyl or cyclic N) is 1. The van der Waals surface area contributed by atoms with E-state index >= 15 is 0 Å². The van der Waals surface area contributed by atoms with Crippen LogP contribution in [0.2, 0.25) is 5.02 Å². The normalized spacial score (nSPS) is 18.8. The number of sulfone groups is 1. The van der Waals surface area contributed by atoms with E-state index in [-0.39, 0.29) is 60.0 Å². The van der Waals surface area contributed by atoms with Gasteiger partial charge in [0.1, 0.15) is 17.0 Å². The van der Waals surface area contributed by atoms with E-state index in [9.17, 15) is 59.1 Å². The van der Waals surface area contributed by atoms with Gasteiger partial charge < -0.3 is 40.5 Å². The zero-order valence-electron chi connectivity index (χ0n) is 63.9. The summed E-state index contributed by atoms with van der Waals surface area (Å²) >= 11 is 9.38. The fraction of sp³-hybridized carbons (Fsp3) is 0.512. The number of carbonyl (C=O) groups excluding carboxylic acids is 5. The Labute approximate surface area is 664 Å². The maximum absolute atomic E-state index is 14.4. The Hall–Kier alpha value is -7.41. The van der Waals surface area contributed by atoms with Gasteiger partial charge in [-0.25, -0.2) is 26.5 Å². The molecule has 1 aromatic heterocycles. The number of aromatic nitrogens is 1. The van der Waals surface area contributed by atoms with E-state index in [1.165, 1.54) is 39.9 Å². The highest BCUT2D eigenvalue weighted by Crippen LogP contribution is 2.49. The van der Waals surface area contributed by atoms with Crippen LogP contribution in [0.3, 0.4) is 0 Å². The van der Waals surface area contributed by atoms with Gasteiger partial charge in [0.15, 0.2) is 0 Å². The number of sulfonamides is 1. The number of hydrogen-bond acceptors (Lipinski definition) is 18. The Balaban J connectivity index is 0.598. The number of aryl methyl sites for hydroxylation is 1. The molecule has 5 aromatic carbocycles. The lowest BCUT2D eigenvalue weighted by Gasteiger charge is -2.53. The Morgan fingerprint density at radius 1 is 0.775 bits per heavy atom. The molecule has 0 bridgehead atoms. The largest absolute Gasteiger partial charge is 0.501 e. The molecule has 5 heterocycles. The number of aliphatic hydroxyl groups is 1. The number of hydrogen-bond donors (Lipinski definition) is 5. The number of piperazine rings is 1. The van der Waals surface area contributed by atoms with Gasteiger partial charge in [-0.15, -0.1) is 23.1 Å². The average molecular weight is 1630 g/mol. The lowest BCUT2D eigenvalue weighted by Crippen LogP contribution is -2.59. The minimum Gasteiger partial charge on any atom is -0.391 e. The van der Waals surface area contributed by atoms with Crippen molar-refractivity contribution >= 4 is 101 Å². The topological polar surface area (TPSA) is 260 Å². The van der Waals surface area contributed by atoms with Gasteiger partial charge in [-0.3, -0.25) is 33.8 Å². The molecule has 111 heavy (non-hydrogen) atoms. The fourth-order valence-corrected chi connectivity index (χ4v) is 19.5. The zero-order valence-corrected chi connectivity index (χ0v) is 67.9. The average Bonchev–Trinajstić information content (AvgIpc) is 1.47. The summed E-state index contributed by atoms with van der Waals surface area (Å²) in [7, 11) is -11.0. The van der Waals surface area contributed by atoms with Gasteiger partial charge in [-0.2, -0.15) is 13.2 Å². The Morgan fingerprint density at radius 2 is 1.42 bits per heavy atom. The highest BCUT2D eigenvalue weighted by atomic mass is 35.5. The third-order valence-electron chi connectivity index (χ3n) is 21.9. The minimum atomic E-state index is -6.11. The van der Waals surface area contributed by atoms with Gasteiger partial charge in [-0.05, 0) is 147 Å². The standard InChI is InChI=1S/C82H104ClF3N10O11S4/c1-56(58-21-23-60(24-22-58)75-57(2)87-55-109-75)88-78(101)71-47-66(97)51-96(71)79(102)76(80(3,4)5)90-73(98)19-15-10-8-6-7-9-11-16-20-74(99)95-53-81(54-95)37-35-69(59-25-29-63(83)30-26-59)62(49-81)50-93-39-41-94(42-40-93)65-31-27-61(28-32-65)77(100)91-111(105,106)68-33-34-70(72(48-68)110(103,104)82(84,85)86)89-64(36-38-92-43-45-107-46-44-92)52-108-67-17-13-12-14-18-67/h12-14,17-18,21-34,48,55-56,64,66,71,76,89,97H,6-11,15-16,19-20,35-47,49-54H2,1-5H3,(H,88,101)(H,90,98)(H,91,100)/t56-,64+,66+,71-,76+/m0/s1. The molecule has 4 aliphatic heterocycles. The van der Waals surface area contributed by atoms with Crippen LogP contribution in [0, 0.1) is 17.8 Å². The number of benzene rings is 5. The number of morpholine rings is 1. The fourth-order valence-electron chi connectivity index (χ4n) is 15.5. The molecule has 0 unspecified atom stereocenters. The second-order valence-electron chi connectivity index (χ2n) is 31.3. The van der Waals surface area contributed by atoms with Crippen molar-refractivity contribution in [2.45, 2.75) is 181 Å². The maximum atomic E-state index is 14.4. The van der Waals surface area contributed by atoms with Crippen LogP contribution in [-0.2, 0) is 43.8 Å². The molecule has 6 aromatic rings. The summed E-state index contributed by atoms with van der Waals surface area (Å²) in [6.45, 7) is 17.4. The van der Waals surface area contributed by atoms with Crippen LogP contribution < -0.4 is 25.6 Å². The third-order valence-corrected chi connectivity index (χ3v) is 27.2. The number of halogens is 4. The van der Waals surface area contributed by atoms with Gasteiger partial charge in [0.05, 0.1) is 52.0 Å². The number of anilines is 2. The molecule has 5 aliphatic rings. The molecular weight excluding hydrogens is 1520 g/mol. The second-order valence-corrected chi connectivity index (χ2v) is 37.3. The Bertz CT molecular complexity index is 4460. The van der Waals surface area contributed by atoms with Crippen molar-refractivity contribution in [1.29, 1.82) is 0 Å². The molecule has 21 nitrogen and oxygen atoms in total. The molecule has 600 valence electrons. The lowest BCUT2D eigenvalue weighted by atomic mass is 9.65. The lowest BCUT2D eigenvalue weighted by molar-refractivity contribution is -0.144. The number of ether oxygens (including phenoxy) is 1. The third kappa shape index (κ3) is 22.3. The second kappa shape index (κ2) is 37.7. The number of rotatable bonds is 33. The monoisotopic (exact) mass is 1620 g/mol. The number of carbonyl (C=O) groups is 5. The van der Waals surface area contributed by atoms with Gasteiger partial charge in [0.25, 0.3) is 25.8 Å². The molecule has 11 rings (SSSR count). The van der Waals surface area contributed by atoms with Crippen molar-refractivity contribution in [3.05, 3.63) is 160 Å². The Morgan fingerprint density at radius 3 is 2.06 bits per heavy atom. The van der Waals surface area contributed by atoms with E-state index in [0.717, 1.165) is 147 Å². The molecule has 4 saturated heterocycles. The number of aliphatic hydroxyl groups excluding tert-OH is 1. The number of thioether (sulfide) groups is 1. The summed E-state index contributed by atoms with van der Waals surface area (Å²) < 4.78 is 105. The van der Waals surface area contributed by atoms with Crippen molar-refractivity contribution in [1.82, 2.24) is 39.9 Å². The quantitative estimate of drug-likeness (QED) is 0.0189. The van der Waals surface area contributed by atoms with Crippen LogP contribution in [0.4, 0.5) is 24.5 Å². The molecule has 29 heteroatoms. The van der Waals surface area contributed by atoms with Gasteiger partial charge in [-0.1, -0.05) is 131 Å². The van der Waals surface area contributed by atoms with Crippen molar-refractivity contribution < 1.29 is 63.8 Å². The number of allylic oxidation sites excluding steroid dienone is 1. The van der Waals surface area contributed by atoms with Crippen molar-refractivity contribution in [2.24, 2.45) is 10.8 Å². The molecule has 0 radical (unpaired) electrons. The van der Waals surface area contributed by atoms with Crippen LogP contribution in [0.5, 0.6) is 0 Å². The molecule has 5 atom stereocenters. The molecule has 5 N–H and O–H groups in total. The number of alkyl halides is 3. The number of nitrogens with one attached hydrogen (secondary N) is 4. The number of unbranched alkanes of at least 4 members (excludes halogenated alkanes) is 7. The summed E-state index contributed by atoms with van der Waals surface area (Å²) in [6.07, 6.45) is 10.5. The van der Waals surface area contributed by atoms with Gasteiger partial charge >= 0.3 is 5.51 Å². The molecular formula is C82H104ClF3N10O11S4. The molecule has 1 aliphatic carbocycles. The molecule has 4 fully saturated rings. The van der Waals surface area contributed by atoms with Gasteiger partial charge in [0, 0.05) is 130 Å². The highest BCUT2D eigenvalue weighted by Gasteiger charge is 2.50. The van der Waals surface area contributed by atoms with E-state index in [0.29, 0.717) is 82.0 Å². The van der Waals surface area contributed by atoms with Crippen molar-refractivity contribution in [2.75, 3.05) is 101 Å². The summed E-state index contributed by atoms with van der Waals surface area (Å²) in [5, 5.41) is 20.5. The highest BCUT2D eigenvalue weighted by molar-refractivity contribution is 7.99. The SMILES string of the molecule is Cc1ncsc1-c1ccc([C@H](C)NC(=O)[C@@H]2C[C@@H](O)CN2C(=O)[C@@H](NC(=O)CCCCCCCCCCC(=O)N2CC3(CCC(c4ccc(Cl)cc4)=C(CN4CCN(c5ccc(C(=O)NS(=O)(=O)c6ccc(N[C@H](CCN7CCOCC7)CSc7ccccc7)c(S(=O)(=O)C(F)(F)F)c6)cc5)CC4)C3)C2)C(C)(C)C)cc1. The maximum Gasteiger partial charge on any atom is 0.501 e. The zero-order chi connectivity index (χ0) is 79.3. The van der Waals surface area contributed by atoms with E-state index < -0.39 is 76.4 Å². The summed E-state index contributed by atoms with van der Waals surface area (Å²) in [5.74, 6) is -1.50. The summed E-state index contributed by atoms with van der Waals surface area (Å²) in [5.41, 5.74) is 2.40. The van der Waals surface area contributed by atoms with Gasteiger partial charge in [0.2, 0.25) is 23.6 Å². The number of thiazole rings is 1. The first-order chi connectivity index (χ1) is 52.9. The van der Waals surface area contributed by atoms with Crippen LogP contribution in [0.25, 0.3) is 16.0 Å². The molecule has 1 spiro atoms. The Kier molecular flexibility index (Phi) is 28.7. The smallest absolute Gasteiger partial charge is 0.391 e. The first-order valence-corrected chi connectivity index (χ1v) is 43.8. The number of amides is 5. The van der Waals surface area contributed by atoms with Crippen LogP contribution in [0.1, 0.15) is 157 Å². The van der Waals surface area contributed by atoms with Crippen molar-refractivity contribution in [3.8, 4) is 10.4 Å². The summed E-state index contributed by atoms with van der Waals surface area (Å²) in [4.78, 5) is 83.1. The van der Waals surface area contributed by atoms with Crippen LogP contribution in [0.15, 0.2) is 147 Å². The van der Waals surface area contributed by atoms with E-state index in [1.54, 1.807) is 23.5 Å².